The van der Waals surface area contributed by atoms with E-state index in [0.717, 1.165) is 6.54 Å². The van der Waals surface area contributed by atoms with Crippen LogP contribution in [0.5, 0.6) is 0 Å². The Hall–Kier alpha value is -2.46. The second-order valence-electron chi connectivity index (χ2n) is 8.28. The maximum Gasteiger partial charge on any atom is 0.389 e. The zero-order valence-corrected chi connectivity index (χ0v) is 19.1. The molecule has 0 aliphatic carbocycles. The van der Waals surface area contributed by atoms with E-state index in [1.165, 1.54) is 18.3 Å². The Bertz CT molecular complexity index is 1060. The molecule has 1 aromatic carbocycles. The highest BCUT2D eigenvalue weighted by Gasteiger charge is 2.53. The van der Waals surface area contributed by atoms with Crippen molar-refractivity contribution >= 4 is 15.8 Å². The van der Waals surface area contributed by atoms with Crippen LogP contribution in [0.3, 0.4) is 0 Å². The molecular weight excluding hydrogens is 457 g/mol. The number of sulfone groups is 1. The summed E-state index contributed by atoms with van der Waals surface area (Å²) < 4.78 is 61.6. The van der Waals surface area contributed by atoms with E-state index < -0.39 is 33.2 Å². The third-order valence-corrected chi connectivity index (χ3v) is 8.73. The van der Waals surface area contributed by atoms with Crippen molar-refractivity contribution in [3.8, 4) is 11.3 Å². The van der Waals surface area contributed by atoms with Crippen LogP contribution in [0.4, 0.5) is 13.2 Å². The highest BCUT2D eigenvalue weighted by molar-refractivity contribution is 7.93. The van der Waals surface area contributed by atoms with E-state index in [1.54, 1.807) is 24.3 Å². The average Bonchev–Trinajstić information content (AvgIpc) is 2.78. The largest absolute Gasteiger partial charge is 0.480 e. The monoisotopic (exact) mass is 484 g/mol. The third kappa shape index (κ3) is 5.55. The van der Waals surface area contributed by atoms with E-state index in [9.17, 15) is 31.5 Å². The standard InChI is InChI=1S/C23H27F3N2O4S/c1-2-28-14-12-22(13-15-28,21(29)30)33(31,32)19-8-6-18(7-9-19)20-10-5-17(16-27-20)4-3-11-23(24,25)26/h5-10,16H,2-4,11-15H2,1H3,(H,29,30). The summed E-state index contributed by atoms with van der Waals surface area (Å²) >= 11 is 0. The lowest BCUT2D eigenvalue weighted by Gasteiger charge is -2.37. The molecule has 0 saturated carbocycles. The fraction of sp³-hybridized carbons (Fsp3) is 0.478. The molecule has 0 amide bonds. The van der Waals surface area contributed by atoms with Crippen molar-refractivity contribution in [2.45, 2.75) is 54.8 Å². The second-order valence-corrected chi connectivity index (χ2v) is 10.5. The third-order valence-electron chi connectivity index (χ3n) is 6.23. The summed E-state index contributed by atoms with van der Waals surface area (Å²) in [5, 5.41) is 9.84. The van der Waals surface area contributed by atoms with Gasteiger partial charge in [0, 0.05) is 31.3 Å². The van der Waals surface area contributed by atoms with Crippen molar-refractivity contribution in [1.82, 2.24) is 9.88 Å². The Morgan fingerprint density at radius 1 is 1.12 bits per heavy atom. The number of benzene rings is 1. The van der Waals surface area contributed by atoms with Crippen LogP contribution in [0, 0.1) is 0 Å². The van der Waals surface area contributed by atoms with Crippen molar-refractivity contribution in [1.29, 1.82) is 0 Å². The zero-order chi connectivity index (χ0) is 24.3. The molecule has 3 rings (SSSR count). The quantitative estimate of drug-likeness (QED) is 0.600. The fourth-order valence-corrected chi connectivity index (χ4v) is 5.99. The summed E-state index contributed by atoms with van der Waals surface area (Å²) in [5.74, 6) is -1.33. The van der Waals surface area contributed by atoms with Crippen LogP contribution in [0.1, 0.15) is 38.2 Å². The molecule has 1 aromatic heterocycles. The van der Waals surface area contributed by atoms with Gasteiger partial charge in [-0.3, -0.25) is 9.78 Å². The van der Waals surface area contributed by atoms with Crippen molar-refractivity contribution in [2.24, 2.45) is 0 Å². The summed E-state index contributed by atoms with van der Waals surface area (Å²) in [6.45, 7) is 3.49. The number of hydrogen-bond acceptors (Lipinski definition) is 5. The number of rotatable bonds is 8. The van der Waals surface area contributed by atoms with Crippen LogP contribution in [-0.4, -0.2) is 59.9 Å². The summed E-state index contributed by atoms with van der Waals surface area (Å²) in [7, 11) is -4.12. The summed E-state index contributed by atoms with van der Waals surface area (Å²) in [5.41, 5.74) is 1.85. The highest BCUT2D eigenvalue weighted by atomic mass is 32.2. The SMILES string of the molecule is CCN1CCC(C(=O)O)(S(=O)(=O)c2ccc(-c3ccc(CCCC(F)(F)F)cn3)cc2)CC1. The Labute approximate surface area is 191 Å². The van der Waals surface area contributed by atoms with Crippen molar-refractivity contribution < 1.29 is 31.5 Å². The van der Waals surface area contributed by atoms with E-state index in [0.29, 0.717) is 29.9 Å². The van der Waals surface area contributed by atoms with Crippen molar-refractivity contribution in [2.75, 3.05) is 19.6 Å². The number of likely N-dealkylation sites (tertiary alicyclic amines) is 1. The first-order valence-electron chi connectivity index (χ1n) is 10.8. The molecule has 1 saturated heterocycles. The number of pyridine rings is 1. The number of aliphatic carboxylic acids is 1. The number of carboxylic acid groups (broad SMARTS) is 1. The molecule has 0 bridgehead atoms. The molecule has 0 radical (unpaired) electrons. The van der Waals surface area contributed by atoms with Gasteiger partial charge in [-0.2, -0.15) is 13.2 Å². The molecular formula is C23H27F3N2O4S. The number of nitrogens with zero attached hydrogens (tertiary/aromatic N) is 2. The Kier molecular flexibility index (Phi) is 7.48. The van der Waals surface area contributed by atoms with Gasteiger partial charge in [0.1, 0.15) is 0 Å². The predicted molar refractivity (Wildman–Crippen MR) is 118 cm³/mol. The van der Waals surface area contributed by atoms with E-state index in [2.05, 4.69) is 4.98 Å². The molecule has 0 unspecified atom stereocenters. The molecule has 1 aliphatic heterocycles. The Morgan fingerprint density at radius 3 is 2.24 bits per heavy atom. The minimum atomic E-state index is -4.18. The molecule has 1 fully saturated rings. The summed E-state index contributed by atoms with van der Waals surface area (Å²) in [6, 6.07) is 9.28. The molecule has 0 atom stereocenters. The number of carboxylic acids is 1. The first-order valence-corrected chi connectivity index (χ1v) is 12.3. The summed E-state index contributed by atoms with van der Waals surface area (Å²) in [4.78, 5) is 18.3. The van der Waals surface area contributed by atoms with Crippen LogP contribution in [-0.2, 0) is 21.1 Å². The number of piperidine rings is 1. The van der Waals surface area contributed by atoms with E-state index in [-0.39, 0.29) is 30.6 Å². The van der Waals surface area contributed by atoms with Crippen molar-refractivity contribution in [3.63, 3.8) is 0 Å². The van der Waals surface area contributed by atoms with Gasteiger partial charge >= 0.3 is 12.1 Å². The predicted octanol–water partition coefficient (Wildman–Crippen LogP) is 4.35. The van der Waals surface area contributed by atoms with E-state index in [1.807, 2.05) is 11.8 Å². The normalized spacial score (nSPS) is 17.1. The van der Waals surface area contributed by atoms with Gasteiger partial charge in [-0.1, -0.05) is 25.1 Å². The number of halogens is 3. The first-order chi connectivity index (χ1) is 15.5. The lowest BCUT2D eigenvalue weighted by atomic mass is 9.96. The van der Waals surface area contributed by atoms with E-state index >= 15 is 0 Å². The van der Waals surface area contributed by atoms with Crippen molar-refractivity contribution in [3.05, 3.63) is 48.2 Å². The molecule has 2 heterocycles. The number of carbonyl (C=O) groups is 1. The van der Waals surface area contributed by atoms with Gasteiger partial charge < -0.3 is 10.0 Å². The molecule has 1 N–H and O–H groups in total. The number of hydrogen-bond donors (Lipinski definition) is 1. The van der Waals surface area contributed by atoms with Gasteiger partial charge in [0.25, 0.3) is 0 Å². The van der Waals surface area contributed by atoms with Gasteiger partial charge in [-0.05, 0) is 56.0 Å². The summed E-state index contributed by atoms with van der Waals surface area (Å²) in [6.07, 6.45) is -3.22. The Morgan fingerprint density at radius 2 is 1.76 bits per heavy atom. The van der Waals surface area contributed by atoms with Gasteiger partial charge in [-0.25, -0.2) is 8.42 Å². The Balaban J connectivity index is 1.76. The van der Waals surface area contributed by atoms with Crippen LogP contribution in [0.15, 0.2) is 47.5 Å². The van der Waals surface area contributed by atoms with Crippen LogP contribution >= 0.6 is 0 Å². The average molecular weight is 485 g/mol. The number of aryl methyl sites for hydroxylation is 1. The van der Waals surface area contributed by atoms with Gasteiger partial charge in [0.15, 0.2) is 14.6 Å². The second kappa shape index (κ2) is 9.80. The fourth-order valence-electron chi connectivity index (χ4n) is 4.09. The van der Waals surface area contributed by atoms with Crippen LogP contribution in [0.25, 0.3) is 11.3 Å². The van der Waals surface area contributed by atoms with E-state index in [4.69, 9.17) is 0 Å². The minimum absolute atomic E-state index is 0.0154. The number of alkyl halides is 3. The highest BCUT2D eigenvalue weighted by Crippen LogP contribution is 2.36. The maximum atomic E-state index is 13.3. The lowest BCUT2D eigenvalue weighted by Crippen LogP contribution is -2.54. The minimum Gasteiger partial charge on any atom is -0.480 e. The van der Waals surface area contributed by atoms with Gasteiger partial charge in [-0.15, -0.1) is 0 Å². The molecule has 2 aromatic rings. The van der Waals surface area contributed by atoms with Gasteiger partial charge in [0.2, 0.25) is 0 Å². The van der Waals surface area contributed by atoms with Gasteiger partial charge in [0.05, 0.1) is 10.6 Å². The molecule has 0 spiro atoms. The topological polar surface area (TPSA) is 87.6 Å². The molecule has 1 aliphatic rings. The zero-order valence-electron chi connectivity index (χ0n) is 18.3. The lowest BCUT2D eigenvalue weighted by molar-refractivity contribution is -0.141. The van der Waals surface area contributed by atoms with Crippen LogP contribution in [0.2, 0.25) is 0 Å². The van der Waals surface area contributed by atoms with Crippen LogP contribution < -0.4 is 0 Å². The molecule has 33 heavy (non-hydrogen) atoms. The molecule has 6 nitrogen and oxygen atoms in total. The molecule has 180 valence electrons. The first kappa shape index (κ1) is 25.2. The maximum absolute atomic E-state index is 13.3. The number of aromatic nitrogens is 1. The smallest absolute Gasteiger partial charge is 0.389 e. The molecule has 10 heteroatoms.